The SMILES string of the molecule is Cc1nc2c(c(=O)[nH]1)CC[C@@H]1CN(C(=O)C[C@@H]3OC(=O)c4ccccc43)C[C@H]21. The van der Waals surface area contributed by atoms with Crippen molar-refractivity contribution in [1.82, 2.24) is 14.9 Å². The number of carbonyl (C=O) groups excluding carboxylic acids is 2. The highest BCUT2D eigenvalue weighted by Gasteiger charge is 2.42. The number of amides is 1. The van der Waals surface area contributed by atoms with E-state index in [9.17, 15) is 14.4 Å². The second kappa shape index (κ2) is 6.29. The van der Waals surface area contributed by atoms with Crippen LogP contribution in [-0.4, -0.2) is 39.8 Å². The Bertz CT molecular complexity index is 1040. The van der Waals surface area contributed by atoms with Gasteiger partial charge in [-0.3, -0.25) is 9.59 Å². The Kier molecular flexibility index (Phi) is 3.86. The van der Waals surface area contributed by atoms with Gasteiger partial charge in [0.05, 0.1) is 17.7 Å². The molecule has 1 aromatic heterocycles. The molecular weight excluding hydrogens is 358 g/mol. The maximum Gasteiger partial charge on any atom is 0.339 e. The molecule has 1 aliphatic carbocycles. The van der Waals surface area contributed by atoms with Crippen LogP contribution in [0.3, 0.4) is 0 Å². The molecule has 1 aromatic carbocycles. The minimum Gasteiger partial charge on any atom is -0.453 e. The summed E-state index contributed by atoms with van der Waals surface area (Å²) in [6.45, 7) is 3.02. The number of rotatable bonds is 2. The molecule has 1 N–H and O–H groups in total. The fourth-order valence-electron chi connectivity index (χ4n) is 4.85. The third-order valence-corrected chi connectivity index (χ3v) is 6.21. The molecule has 5 rings (SSSR count). The number of aryl methyl sites for hydroxylation is 1. The number of nitrogens with one attached hydrogen (secondary N) is 1. The molecule has 1 fully saturated rings. The van der Waals surface area contributed by atoms with E-state index in [2.05, 4.69) is 9.97 Å². The highest BCUT2D eigenvalue weighted by molar-refractivity contribution is 5.94. The molecular formula is C21H21N3O4. The Labute approximate surface area is 161 Å². The Morgan fingerprint density at radius 2 is 2.11 bits per heavy atom. The van der Waals surface area contributed by atoms with E-state index in [1.807, 2.05) is 17.0 Å². The van der Waals surface area contributed by atoms with Gasteiger partial charge in [-0.2, -0.15) is 0 Å². The lowest BCUT2D eigenvalue weighted by molar-refractivity contribution is -0.132. The molecule has 7 nitrogen and oxygen atoms in total. The van der Waals surface area contributed by atoms with Crippen LogP contribution >= 0.6 is 0 Å². The maximum atomic E-state index is 13.0. The van der Waals surface area contributed by atoms with Crippen LogP contribution in [0.25, 0.3) is 0 Å². The first-order chi connectivity index (χ1) is 13.5. The van der Waals surface area contributed by atoms with Crippen LogP contribution < -0.4 is 5.56 Å². The molecule has 0 spiro atoms. The average Bonchev–Trinajstić information content (AvgIpc) is 3.24. The molecule has 1 saturated heterocycles. The topological polar surface area (TPSA) is 92.4 Å². The smallest absolute Gasteiger partial charge is 0.339 e. The summed E-state index contributed by atoms with van der Waals surface area (Å²) in [5.74, 6) is 0.655. The molecule has 1 amide bonds. The molecule has 7 heteroatoms. The standard InChI is InChI=1S/C21H21N3O4/c1-11-22-19-15(20(26)23-11)7-6-12-9-24(10-16(12)19)18(25)8-17-13-4-2-3-5-14(13)21(27)28-17/h2-5,12,16-17H,6-10H2,1H3,(H,22,23,26)/t12-,16+,17+/m1/s1. The van der Waals surface area contributed by atoms with Gasteiger partial charge < -0.3 is 14.6 Å². The van der Waals surface area contributed by atoms with Crippen LogP contribution in [-0.2, 0) is 16.0 Å². The molecule has 2 aliphatic heterocycles. The molecule has 0 saturated carbocycles. The van der Waals surface area contributed by atoms with Crippen molar-refractivity contribution in [2.45, 2.75) is 38.2 Å². The van der Waals surface area contributed by atoms with Gasteiger partial charge in [0.2, 0.25) is 5.91 Å². The first-order valence-electron chi connectivity index (χ1n) is 9.68. The summed E-state index contributed by atoms with van der Waals surface area (Å²) in [6.07, 6.45) is 1.22. The monoisotopic (exact) mass is 379 g/mol. The number of cyclic esters (lactones) is 1. The number of H-pyrrole nitrogens is 1. The van der Waals surface area contributed by atoms with Crippen molar-refractivity contribution in [3.63, 3.8) is 0 Å². The molecule has 3 heterocycles. The molecule has 0 bridgehead atoms. The van der Waals surface area contributed by atoms with Crippen LogP contribution in [0.1, 0.15) is 57.9 Å². The summed E-state index contributed by atoms with van der Waals surface area (Å²) < 4.78 is 5.42. The van der Waals surface area contributed by atoms with E-state index in [-0.39, 0.29) is 29.8 Å². The Hall–Kier alpha value is -2.96. The van der Waals surface area contributed by atoms with Crippen LogP contribution in [0.4, 0.5) is 0 Å². The summed E-state index contributed by atoms with van der Waals surface area (Å²) in [5.41, 5.74) is 2.89. The molecule has 0 radical (unpaired) electrons. The summed E-state index contributed by atoms with van der Waals surface area (Å²) in [7, 11) is 0. The number of ether oxygens (including phenoxy) is 1. The zero-order valence-electron chi connectivity index (χ0n) is 15.6. The number of esters is 1. The lowest BCUT2D eigenvalue weighted by Gasteiger charge is -2.25. The van der Waals surface area contributed by atoms with Gasteiger partial charge in [0.1, 0.15) is 11.9 Å². The Morgan fingerprint density at radius 1 is 1.29 bits per heavy atom. The molecule has 28 heavy (non-hydrogen) atoms. The maximum absolute atomic E-state index is 13.0. The van der Waals surface area contributed by atoms with Crippen LogP contribution in [0.2, 0.25) is 0 Å². The number of hydrogen-bond acceptors (Lipinski definition) is 5. The van der Waals surface area contributed by atoms with Crippen LogP contribution in [0.5, 0.6) is 0 Å². The van der Waals surface area contributed by atoms with Gasteiger partial charge in [0, 0.05) is 30.1 Å². The quantitative estimate of drug-likeness (QED) is 0.804. The van der Waals surface area contributed by atoms with Crippen molar-refractivity contribution < 1.29 is 14.3 Å². The minimum absolute atomic E-state index is 0.0213. The van der Waals surface area contributed by atoms with E-state index in [0.717, 1.165) is 23.2 Å². The number of likely N-dealkylation sites (tertiary alicyclic amines) is 1. The normalized spacial score (nSPS) is 25.1. The van der Waals surface area contributed by atoms with Crippen molar-refractivity contribution in [3.05, 3.63) is 62.8 Å². The number of aromatic amines is 1. The van der Waals surface area contributed by atoms with Gasteiger partial charge in [0.25, 0.3) is 5.56 Å². The fourth-order valence-corrected chi connectivity index (χ4v) is 4.85. The number of aromatic nitrogens is 2. The lowest BCUT2D eigenvalue weighted by atomic mass is 9.80. The number of benzene rings is 1. The van der Waals surface area contributed by atoms with Crippen molar-refractivity contribution in [1.29, 1.82) is 0 Å². The molecule has 3 atom stereocenters. The molecule has 144 valence electrons. The fraction of sp³-hybridized carbons (Fsp3) is 0.429. The predicted octanol–water partition coefficient (Wildman–Crippen LogP) is 1.87. The average molecular weight is 379 g/mol. The number of carbonyl (C=O) groups is 2. The predicted molar refractivity (Wildman–Crippen MR) is 99.9 cm³/mol. The molecule has 2 aromatic rings. The molecule has 3 aliphatic rings. The highest BCUT2D eigenvalue weighted by atomic mass is 16.5. The zero-order valence-corrected chi connectivity index (χ0v) is 15.6. The largest absolute Gasteiger partial charge is 0.453 e. The van der Waals surface area contributed by atoms with Gasteiger partial charge in [-0.05, 0) is 31.7 Å². The van der Waals surface area contributed by atoms with Gasteiger partial charge in [-0.25, -0.2) is 9.78 Å². The van der Waals surface area contributed by atoms with Gasteiger partial charge in [0.15, 0.2) is 0 Å². The second-order valence-electron chi connectivity index (χ2n) is 7.90. The number of fused-ring (bicyclic) bond motifs is 4. The van der Waals surface area contributed by atoms with Gasteiger partial charge in [-0.15, -0.1) is 0 Å². The van der Waals surface area contributed by atoms with Crippen molar-refractivity contribution in [2.24, 2.45) is 5.92 Å². The summed E-state index contributed by atoms with van der Waals surface area (Å²) >= 11 is 0. The molecule has 0 unspecified atom stereocenters. The second-order valence-corrected chi connectivity index (χ2v) is 7.90. The minimum atomic E-state index is -0.519. The summed E-state index contributed by atoms with van der Waals surface area (Å²) in [6, 6.07) is 7.22. The van der Waals surface area contributed by atoms with E-state index in [4.69, 9.17) is 4.74 Å². The van der Waals surface area contributed by atoms with E-state index >= 15 is 0 Å². The van der Waals surface area contributed by atoms with E-state index in [1.165, 1.54) is 0 Å². The van der Waals surface area contributed by atoms with Crippen molar-refractivity contribution >= 4 is 11.9 Å². The van der Waals surface area contributed by atoms with Gasteiger partial charge >= 0.3 is 5.97 Å². The Balaban J connectivity index is 1.35. The first kappa shape index (κ1) is 17.2. The number of hydrogen-bond donors (Lipinski definition) is 1. The number of nitrogens with zero attached hydrogens (tertiary/aromatic N) is 2. The van der Waals surface area contributed by atoms with Crippen LogP contribution in [0.15, 0.2) is 29.1 Å². The third-order valence-electron chi connectivity index (χ3n) is 6.21. The lowest BCUT2D eigenvalue weighted by Crippen LogP contribution is -2.30. The van der Waals surface area contributed by atoms with Gasteiger partial charge in [-0.1, -0.05) is 18.2 Å². The van der Waals surface area contributed by atoms with E-state index in [1.54, 1.807) is 19.1 Å². The van der Waals surface area contributed by atoms with Crippen molar-refractivity contribution in [3.8, 4) is 0 Å². The summed E-state index contributed by atoms with van der Waals surface area (Å²) in [4.78, 5) is 46.4. The highest BCUT2D eigenvalue weighted by Crippen LogP contribution is 2.40. The third kappa shape index (κ3) is 2.65. The van der Waals surface area contributed by atoms with Crippen LogP contribution in [0, 0.1) is 12.8 Å². The Morgan fingerprint density at radius 3 is 2.96 bits per heavy atom. The van der Waals surface area contributed by atoms with Crippen molar-refractivity contribution in [2.75, 3.05) is 13.1 Å². The zero-order chi connectivity index (χ0) is 19.4. The van der Waals surface area contributed by atoms with E-state index in [0.29, 0.717) is 36.8 Å². The first-order valence-corrected chi connectivity index (χ1v) is 9.68. The summed E-state index contributed by atoms with van der Waals surface area (Å²) in [5, 5.41) is 0. The van der Waals surface area contributed by atoms with E-state index < -0.39 is 6.10 Å².